The van der Waals surface area contributed by atoms with Crippen LogP contribution in [0.3, 0.4) is 0 Å². The highest BCUT2D eigenvalue weighted by Crippen LogP contribution is 2.28. The van der Waals surface area contributed by atoms with Crippen molar-refractivity contribution in [3.63, 3.8) is 0 Å². The molecule has 0 aliphatic carbocycles. The maximum Gasteiger partial charge on any atom is 0.149 e. The van der Waals surface area contributed by atoms with E-state index in [1.165, 1.54) is 6.33 Å². The highest BCUT2D eigenvalue weighted by molar-refractivity contribution is 9.10. The Hall–Kier alpha value is -1.64. The number of nitriles is 1. The third-order valence-corrected chi connectivity index (χ3v) is 3.29. The summed E-state index contributed by atoms with van der Waals surface area (Å²) in [4.78, 5) is 7.89. The van der Waals surface area contributed by atoms with Crippen LogP contribution in [0.2, 0.25) is 5.15 Å². The summed E-state index contributed by atoms with van der Waals surface area (Å²) in [6.45, 7) is 0. The number of hydrogen-bond donors (Lipinski definition) is 1. The summed E-state index contributed by atoms with van der Waals surface area (Å²) in [6, 6.07) is 9.08. The molecule has 0 bridgehead atoms. The fraction of sp³-hybridized carbons (Fsp3) is 0. The molecular weight excluding hydrogens is 304 g/mol. The smallest absolute Gasteiger partial charge is 0.149 e. The maximum absolute atomic E-state index is 8.68. The molecule has 0 unspecified atom stereocenters. The molecule has 0 fully saturated rings. The van der Waals surface area contributed by atoms with E-state index in [1.54, 1.807) is 24.3 Å². The normalized spacial score (nSPS) is 9.71. The number of aromatic nitrogens is 2. The zero-order valence-electron chi connectivity index (χ0n) is 8.48. The third-order valence-electron chi connectivity index (χ3n) is 2.02. The minimum Gasteiger partial charge on any atom is -0.339 e. The van der Waals surface area contributed by atoms with E-state index < -0.39 is 0 Å². The van der Waals surface area contributed by atoms with Gasteiger partial charge in [0, 0.05) is 5.69 Å². The maximum atomic E-state index is 8.68. The van der Waals surface area contributed by atoms with Crippen molar-refractivity contribution in [1.82, 2.24) is 9.97 Å². The number of nitrogens with zero attached hydrogens (tertiary/aromatic N) is 3. The Bertz CT molecular complexity index is 577. The summed E-state index contributed by atoms with van der Waals surface area (Å²) in [5.41, 5.74) is 1.43. The molecule has 1 aromatic heterocycles. The average Bonchev–Trinajstić information content (AvgIpc) is 2.36. The van der Waals surface area contributed by atoms with Crippen LogP contribution < -0.4 is 5.32 Å². The molecule has 2 aromatic rings. The van der Waals surface area contributed by atoms with Gasteiger partial charge >= 0.3 is 0 Å². The molecule has 0 saturated carbocycles. The number of hydrogen-bond acceptors (Lipinski definition) is 4. The molecule has 0 aliphatic heterocycles. The Labute approximate surface area is 111 Å². The van der Waals surface area contributed by atoms with Crippen molar-refractivity contribution in [2.75, 3.05) is 5.32 Å². The van der Waals surface area contributed by atoms with Gasteiger partial charge in [0.25, 0.3) is 0 Å². The molecule has 1 aromatic carbocycles. The highest BCUT2D eigenvalue weighted by Gasteiger charge is 2.06. The van der Waals surface area contributed by atoms with Gasteiger partial charge in [-0.1, -0.05) is 11.6 Å². The predicted octanol–water partition coefficient (Wildman–Crippen LogP) is 3.51. The van der Waals surface area contributed by atoms with Gasteiger partial charge < -0.3 is 5.32 Å². The van der Waals surface area contributed by atoms with Crippen LogP contribution >= 0.6 is 27.5 Å². The quantitative estimate of drug-likeness (QED) is 0.862. The van der Waals surface area contributed by atoms with Crippen LogP contribution in [-0.4, -0.2) is 9.97 Å². The standard InChI is InChI=1S/C11H6BrClN4/c12-9-10(13)15-6-16-11(9)17-8-3-1-7(5-14)2-4-8/h1-4,6H,(H,15,16,17). The van der Waals surface area contributed by atoms with Gasteiger partial charge in [-0.25, -0.2) is 9.97 Å². The van der Waals surface area contributed by atoms with Crippen LogP contribution in [0.25, 0.3) is 0 Å². The van der Waals surface area contributed by atoms with E-state index in [0.717, 1.165) is 5.69 Å². The van der Waals surface area contributed by atoms with Crippen LogP contribution in [-0.2, 0) is 0 Å². The second-order valence-electron chi connectivity index (χ2n) is 3.14. The Morgan fingerprint density at radius 1 is 1.24 bits per heavy atom. The van der Waals surface area contributed by atoms with Crippen molar-refractivity contribution < 1.29 is 0 Å². The Kier molecular flexibility index (Phi) is 3.57. The topological polar surface area (TPSA) is 61.6 Å². The van der Waals surface area contributed by atoms with Crippen LogP contribution in [0.1, 0.15) is 5.56 Å². The monoisotopic (exact) mass is 308 g/mol. The van der Waals surface area contributed by atoms with E-state index >= 15 is 0 Å². The fourth-order valence-corrected chi connectivity index (χ4v) is 1.64. The molecule has 0 atom stereocenters. The van der Waals surface area contributed by atoms with Crippen molar-refractivity contribution in [2.45, 2.75) is 0 Å². The molecule has 84 valence electrons. The third kappa shape index (κ3) is 2.73. The summed E-state index contributed by atoms with van der Waals surface area (Å²) < 4.78 is 0.603. The second-order valence-corrected chi connectivity index (χ2v) is 4.29. The molecule has 0 amide bonds. The summed E-state index contributed by atoms with van der Waals surface area (Å²) in [5, 5.41) is 12.1. The number of nitrogens with one attached hydrogen (secondary N) is 1. The molecule has 0 saturated heterocycles. The van der Waals surface area contributed by atoms with Gasteiger partial charge in [-0.05, 0) is 40.2 Å². The lowest BCUT2D eigenvalue weighted by molar-refractivity contribution is 1.15. The van der Waals surface area contributed by atoms with Crippen molar-refractivity contribution in [1.29, 1.82) is 5.26 Å². The first-order valence-corrected chi connectivity index (χ1v) is 5.81. The molecule has 1 heterocycles. The number of benzene rings is 1. The van der Waals surface area contributed by atoms with Crippen LogP contribution in [0.5, 0.6) is 0 Å². The van der Waals surface area contributed by atoms with Crippen LogP contribution in [0.4, 0.5) is 11.5 Å². The van der Waals surface area contributed by atoms with Crippen LogP contribution in [0, 0.1) is 11.3 Å². The van der Waals surface area contributed by atoms with Crippen LogP contribution in [0.15, 0.2) is 35.1 Å². The summed E-state index contributed by atoms with van der Waals surface area (Å²) in [6.07, 6.45) is 1.37. The van der Waals surface area contributed by atoms with Gasteiger partial charge in [0.15, 0.2) is 0 Å². The highest BCUT2D eigenvalue weighted by atomic mass is 79.9. The van der Waals surface area contributed by atoms with E-state index in [2.05, 4.69) is 37.3 Å². The van der Waals surface area contributed by atoms with E-state index in [0.29, 0.717) is 21.0 Å². The van der Waals surface area contributed by atoms with Gasteiger partial charge in [0.2, 0.25) is 0 Å². The van der Waals surface area contributed by atoms with Crippen molar-refractivity contribution in [2.24, 2.45) is 0 Å². The molecular formula is C11H6BrClN4. The summed E-state index contributed by atoms with van der Waals surface area (Å²) >= 11 is 9.14. The summed E-state index contributed by atoms with van der Waals surface area (Å²) in [5.74, 6) is 0.578. The van der Waals surface area contributed by atoms with E-state index in [-0.39, 0.29) is 0 Å². The lowest BCUT2D eigenvalue weighted by Gasteiger charge is -2.07. The largest absolute Gasteiger partial charge is 0.339 e. The first-order valence-electron chi connectivity index (χ1n) is 4.64. The minimum absolute atomic E-state index is 0.344. The predicted molar refractivity (Wildman–Crippen MR) is 69.2 cm³/mol. The Balaban J connectivity index is 2.26. The van der Waals surface area contributed by atoms with E-state index in [4.69, 9.17) is 16.9 Å². The summed E-state index contributed by atoms with van der Waals surface area (Å²) in [7, 11) is 0. The Morgan fingerprint density at radius 3 is 2.59 bits per heavy atom. The first kappa shape index (κ1) is 11.8. The number of rotatable bonds is 2. The number of anilines is 2. The molecule has 0 radical (unpaired) electrons. The van der Waals surface area contributed by atoms with Crippen molar-refractivity contribution >= 4 is 39.0 Å². The first-order chi connectivity index (χ1) is 8.20. The van der Waals surface area contributed by atoms with Crippen molar-refractivity contribution in [3.05, 3.63) is 45.8 Å². The molecule has 0 spiro atoms. The van der Waals surface area contributed by atoms with Gasteiger partial charge in [-0.15, -0.1) is 0 Å². The molecule has 0 aliphatic rings. The number of halogens is 2. The zero-order chi connectivity index (χ0) is 12.3. The zero-order valence-corrected chi connectivity index (χ0v) is 10.8. The minimum atomic E-state index is 0.344. The second kappa shape index (κ2) is 5.13. The lowest BCUT2D eigenvalue weighted by atomic mass is 10.2. The van der Waals surface area contributed by atoms with Gasteiger partial charge in [0.05, 0.1) is 16.1 Å². The SMILES string of the molecule is N#Cc1ccc(Nc2ncnc(Cl)c2Br)cc1. The van der Waals surface area contributed by atoms with Crippen molar-refractivity contribution in [3.8, 4) is 6.07 Å². The Morgan fingerprint density at radius 2 is 1.94 bits per heavy atom. The average molecular weight is 310 g/mol. The lowest BCUT2D eigenvalue weighted by Crippen LogP contribution is -1.96. The van der Waals surface area contributed by atoms with E-state index in [9.17, 15) is 0 Å². The molecule has 6 heteroatoms. The molecule has 1 N–H and O–H groups in total. The molecule has 2 rings (SSSR count). The molecule has 17 heavy (non-hydrogen) atoms. The van der Waals surface area contributed by atoms with E-state index in [1.807, 2.05) is 0 Å². The van der Waals surface area contributed by atoms with Gasteiger partial charge in [-0.2, -0.15) is 5.26 Å². The fourth-order valence-electron chi connectivity index (χ4n) is 1.20. The van der Waals surface area contributed by atoms with Gasteiger partial charge in [0.1, 0.15) is 17.3 Å². The van der Waals surface area contributed by atoms with Gasteiger partial charge in [-0.3, -0.25) is 0 Å². The molecule has 4 nitrogen and oxygen atoms in total.